The van der Waals surface area contributed by atoms with Gasteiger partial charge in [0, 0.05) is 20.3 Å². The summed E-state index contributed by atoms with van der Waals surface area (Å²) in [5.41, 5.74) is -1.06. The highest BCUT2D eigenvalue weighted by Crippen LogP contribution is 2.29. The fourth-order valence-electron chi connectivity index (χ4n) is 1.73. The molecule has 0 saturated carbocycles. The summed E-state index contributed by atoms with van der Waals surface area (Å²) >= 11 is 0. The number of hydrogen-bond acceptors (Lipinski definition) is 4. The van der Waals surface area contributed by atoms with Crippen molar-refractivity contribution in [2.75, 3.05) is 20.3 Å². The summed E-state index contributed by atoms with van der Waals surface area (Å²) in [7, 11) is 1.50. The minimum absolute atomic E-state index is 0.279. The molecule has 1 atom stereocenters. The quantitative estimate of drug-likeness (QED) is 0.698. The largest absolute Gasteiger partial charge is 0.381 e. The van der Waals surface area contributed by atoms with E-state index in [2.05, 4.69) is 16.7 Å². The molecule has 94 valence electrons. The number of nitrogens with one attached hydrogen (secondary N) is 2. The molecule has 6 nitrogen and oxygen atoms in total. The van der Waals surface area contributed by atoms with Crippen LogP contribution in [0.15, 0.2) is 0 Å². The fraction of sp³-hybridized carbons (Fsp3) is 0.727. The fourth-order valence-corrected chi connectivity index (χ4v) is 1.73. The lowest BCUT2D eigenvalue weighted by Crippen LogP contribution is -2.51. The van der Waals surface area contributed by atoms with Crippen LogP contribution < -0.4 is 10.6 Å². The van der Waals surface area contributed by atoms with Crippen LogP contribution in [-0.4, -0.2) is 38.1 Å². The number of hydrogen-bond donors (Lipinski definition) is 2. The molecule has 1 fully saturated rings. The molecule has 0 spiro atoms. The summed E-state index contributed by atoms with van der Waals surface area (Å²) in [6, 6.07) is 1.42. The zero-order valence-corrected chi connectivity index (χ0v) is 10.1. The number of ether oxygens (including phenoxy) is 1. The predicted octanol–water partition coefficient (Wildman–Crippen LogP) is -0.443. The second-order valence-electron chi connectivity index (χ2n) is 4.12. The molecule has 6 heteroatoms. The topological polar surface area (TPSA) is 91.2 Å². The zero-order chi connectivity index (χ0) is 12.9. The minimum Gasteiger partial charge on any atom is -0.381 e. The van der Waals surface area contributed by atoms with Crippen LogP contribution in [0.3, 0.4) is 0 Å². The van der Waals surface area contributed by atoms with Crippen molar-refractivity contribution in [2.45, 2.75) is 25.8 Å². The Kier molecular flexibility index (Phi) is 4.46. The van der Waals surface area contributed by atoms with Crippen LogP contribution in [0.25, 0.3) is 0 Å². The Morgan fingerprint density at radius 3 is 2.47 bits per heavy atom. The third-order valence-corrected chi connectivity index (χ3v) is 2.98. The summed E-state index contributed by atoms with van der Waals surface area (Å²) in [5.74, 6) is -0.669. The molecule has 0 aromatic heterocycles. The van der Waals surface area contributed by atoms with Crippen molar-refractivity contribution in [2.24, 2.45) is 5.41 Å². The van der Waals surface area contributed by atoms with Crippen LogP contribution in [0.1, 0.15) is 19.8 Å². The molecular weight excluding hydrogens is 222 g/mol. The first-order valence-electron chi connectivity index (χ1n) is 5.57. The van der Waals surface area contributed by atoms with Gasteiger partial charge in [0.25, 0.3) is 0 Å². The summed E-state index contributed by atoms with van der Waals surface area (Å²) in [5, 5.41) is 14.2. The van der Waals surface area contributed by atoms with E-state index in [1.807, 2.05) is 0 Å². The molecule has 17 heavy (non-hydrogen) atoms. The van der Waals surface area contributed by atoms with Gasteiger partial charge in [-0.25, -0.2) is 0 Å². The van der Waals surface area contributed by atoms with Gasteiger partial charge >= 0.3 is 0 Å². The van der Waals surface area contributed by atoms with Crippen molar-refractivity contribution in [1.82, 2.24) is 10.6 Å². The molecule has 2 amide bonds. The Labute approximate surface area is 100 Å². The molecule has 1 heterocycles. The van der Waals surface area contributed by atoms with Crippen molar-refractivity contribution in [3.05, 3.63) is 0 Å². The number of rotatable bonds is 3. The molecule has 0 aliphatic carbocycles. The average molecular weight is 239 g/mol. The van der Waals surface area contributed by atoms with Crippen LogP contribution in [0.2, 0.25) is 0 Å². The number of carbonyl (C=O) groups excluding carboxylic acids is 2. The van der Waals surface area contributed by atoms with E-state index in [-0.39, 0.29) is 11.8 Å². The molecule has 0 bridgehead atoms. The highest BCUT2D eigenvalue weighted by Gasteiger charge is 2.41. The Morgan fingerprint density at radius 1 is 1.41 bits per heavy atom. The maximum absolute atomic E-state index is 12.0. The molecule has 0 aromatic carbocycles. The number of likely N-dealkylation sites (N-methyl/N-ethyl adjacent to an activating group) is 1. The van der Waals surface area contributed by atoms with Crippen LogP contribution in [-0.2, 0) is 14.3 Å². The molecule has 1 unspecified atom stereocenters. The maximum atomic E-state index is 12.0. The normalized spacial score (nSPS) is 19.8. The molecule has 1 saturated heterocycles. The molecule has 1 aliphatic rings. The molecule has 0 aromatic rings. The molecule has 2 N–H and O–H groups in total. The Bertz CT molecular complexity index is 342. The summed E-state index contributed by atoms with van der Waals surface area (Å²) < 4.78 is 5.14. The van der Waals surface area contributed by atoms with Gasteiger partial charge in [0.1, 0.15) is 11.5 Å². The standard InChI is InChI=1S/C11H17N3O3/c1-8(9(15)13-2)14-10(16)11(7-12)3-5-17-6-4-11/h8H,3-6H2,1-2H3,(H,13,15)(H,14,16). The number of amides is 2. The highest BCUT2D eigenvalue weighted by molar-refractivity contribution is 5.91. The van der Waals surface area contributed by atoms with E-state index in [9.17, 15) is 9.59 Å². The molecule has 1 rings (SSSR count). The first-order chi connectivity index (χ1) is 8.05. The van der Waals surface area contributed by atoms with Crippen LogP contribution >= 0.6 is 0 Å². The van der Waals surface area contributed by atoms with Crippen molar-refractivity contribution >= 4 is 11.8 Å². The second-order valence-corrected chi connectivity index (χ2v) is 4.12. The Hall–Kier alpha value is -1.61. The van der Waals surface area contributed by atoms with Gasteiger partial charge in [-0.1, -0.05) is 0 Å². The van der Waals surface area contributed by atoms with E-state index in [0.717, 1.165) is 0 Å². The van der Waals surface area contributed by atoms with Gasteiger partial charge in [-0.2, -0.15) is 5.26 Å². The lowest BCUT2D eigenvalue weighted by Gasteiger charge is -2.30. The average Bonchev–Trinajstić information content (AvgIpc) is 2.38. The Morgan fingerprint density at radius 2 is 2.00 bits per heavy atom. The number of carbonyl (C=O) groups is 2. The van der Waals surface area contributed by atoms with Crippen LogP contribution in [0, 0.1) is 16.7 Å². The smallest absolute Gasteiger partial charge is 0.242 e. The SMILES string of the molecule is CNC(=O)C(C)NC(=O)C1(C#N)CCOCC1. The van der Waals surface area contributed by atoms with E-state index in [4.69, 9.17) is 10.00 Å². The molecular formula is C11H17N3O3. The van der Waals surface area contributed by atoms with Crippen molar-refractivity contribution < 1.29 is 14.3 Å². The molecule has 1 aliphatic heterocycles. The van der Waals surface area contributed by atoms with Crippen LogP contribution in [0.4, 0.5) is 0 Å². The van der Waals surface area contributed by atoms with Gasteiger partial charge in [0.2, 0.25) is 11.8 Å². The van der Waals surface area contributed by atoms with Crippen molar-refractivity contribution in [3.63, 3.8) is 0 Å². The zero-order valence-electron chi connectivity index (χ0n) is 10.1. The second kappa shape index (κ2) is 5.64. The van der Waals surface area contributed by atoms with Crippen molar-refractivity contribution in [1.29, 1.82) is 5.26 Å². The van der Waals surface area contributed by atoms with Gasteiger partial charge in [0.05, 0.1) is 6.07 Å². The number of nitrogens with zero attached hydrogens (tertiary/aromatic N) is 1. The van der Waals surface area contributed by atoms with Gasteiger partial charge in [-0.15, -0.1) is 0 Å². The number of nitriles is 1. The van der Waals surface area contributed by atoms with Gasteiger partial charge < -0.3 is 15.4 Å². The van der Waals surface area contributed by atoms with Gasteiger partial charge in [0.15, 0.2) is 0 Å². The highest BCUT2D eigenvalue weighted by atomic mass is 16.5. The van der Waals surface area contributed by atoms with E-state index < -0.39 is 11.5 Å². The summed E-state index contributed by atoms with van der Waals surface area (Å²) in [6.07, 6.45) is 0.742. The lowest BCUT2D eigenvalue weighted by atomic mass is 9.80. The first kappa shape index (κ1) is 13.5. The van der Waals surface area contributed by atoms with Crippen molar-refractivity contribution in [3.8, 4) is 6.07 Å². The maximum Gasteiger partial charge on any atom is 0.242 e. The Balaban J connectivity index is 2.67. The van der Waals surface area contributed by atoms with Gasteiger partial charge in [-0.3, -0.25) is 9.59 Å². The van der Waals surface area contributed by atoms with E-state index >= 15 is 0 Å². The van der Waals surface area contributed by atoms with E-state index in [0.29, 0.717) is 26.1 Å². The summed E-state index contributed by atoms with van der Waals surface area (Å²) in [6.45, 7) is 2.38. The first-order valence-corrected chi connectivity index (χ1v) is 5.57. The van der Waals surface area contributed by atoms with Gasteiger partial charge in [-0.05, 0) is 19.8 Å². The summed E-state index contributed by atoms with van der Waals surface area (Å²) in [4.78, 5) is 23.3. The van der Waals surface area contributed by atoms with E-state index in [1.54, 1.807) is 6.92 Å². The van der Waals surface area contributed by atoms with Crippen LogP contribution in [0.5, 0.6) is 0 Å². The predicted molar refractivity (Wildman–Crippen MR) is 59.8 cm³/mol. The van der Waals surface area contributed by atoms with E-state index in [1.165, 1.54) is 7.05 Å². The third-order valence-electron chi connectivity index (χ3n) is 2.98. The lowest BCUT2D eigenvalue weighted by molar-refractivity contribution is -0.136. The third kappa shape index (κ3) is 2.94. The molecule has 0 radical (unpaired) electrons. The minimum atomic E-state index is -1.06. The monoisotopic (exact) mass is 239 g/mol.